The maximum atomic E-state index is 4.94. The summed E-state index contributed by atoms with van der Waals surface area (Å²) in [7, 11) is 0. The Hall–Kier alpha value is -0.740. The second-order valence-corrected chi connectivity index (χ2v) is 1.07. The van der Waals surface area contributed by atoms with E-state index >= 15 is 0 Å². The molecule has 0 aromatic carbocycles. The van der Waals surface area contributed by atoms with Gasteiger partial charge in [0.25, 0.3) is 0 Å². The number of hydrogen-bond acceptors (Lipinski definition) is 0. The minimum absolute atomic E-state index is 2.06. The first-order valence-corrected chi connectivity index (χ1v) is 2.38. The lowest BCUT2D eigenvalue weighted by molar-refractivity contribution is 2.45. The van der Waals surface area contributed by atoms with Crippen LogP contribution in [0.25, 0.3) is 0 Å². The second-order valence-electron chi connectivity index (χ2n) is 0.689. The van der Waals surface area contributed by atoms with Crippen molar-refractivity contribution in [2.45, 2.75) is 0 Å². The Kier molecular flexibility index (Phi) is 5.68. The van der Waals surface area contributed by atoms with Crippen LogP contribution in [-0.4, -0.2) is 0 Å². The van der Waals surface area contributed by atoms with Crippen LogP contribution in [-0.2, 0) is 0 Å². The zero-order chi connectivity index (χ0) is 6.24. The van der Waals surface area contributed by atoms with Crippen molar-refractivity contribution in [1.29, 1.82) is 0 Å². The molecule has 0 aliphatic rings. The van der Waals surface area contributed by atoms with Crippen molar-refractivity contribution in [2.24, 2.45) is 0 Å². The van der Waals surface area contributed by atoms with Crippen molar-refractivity contribution in [1.82, 2.24) is 0 Å². The SMILES string of the molecule is ClC#CC#CC#CCl. The van der Waals surface area contributed by atoms with E-state index in [1.54, 1.807) is 0 Å². The first-order valence-electron chi connectivity index (χ1n) is 1.63. The third kappa shape index (κ3) is 5.26. The molecule has 0 unspecified atom stereocenters. The van der Waals surface area contributed by atoms with Gasteiger partial charge >= 0.3 is 0 Å². The van der Waals surface area contributed by atoms with Crippen LogP contribution in [0.5, 0.6) is 0 Å². The van der Waals surface area contributed by atoms with Crippen LogP contribution in [0, 0.1) is 34.4 Å². The normalized spacial score (nSPS) is 3.75. The first kappa shape index (κ1) is 7.26. The first-order chi connectivity index (χ1) is 3.91. The van der Waals surface area contributed by atoms with E-state index in [2.05, 4.69) is 34.4 Å². The molecule has 0 fully saturated rings. The number of hydrogen-bond donors (Lipinski definition) is 0. The average Bonchev–Trinajstić information content (AvgIpc) is 1.81. The van der Waals surface area contributed by atoms with Crippen LogP contribution >= 0.6 is 23.2 Å². The molecule has 0 aliphatic carbocycles. The molecular weight excluding hydrogens is 143 g/mol. The zero-order valence-electron chi connectivity index (χ0n) is 3.76. The van der Waals surface area contributed by atoms with Gasteiger partial charge in [-0.3, -0.25) is 0 Å². The van der Waals surface area contributed by atoms with Gasteiger partial charge < -0.3 is 0 Å². The Morgan fingerprint density at radius 2 is 1.00 bits per heavy atom. The van der Waals surface area contributed by atoms with E-state index in [1.165, 1.54) is 0 Å². The fraction of sp³-hybridized carbons (Fsp3) is 0. The molecule has 0 nitrogen and oxygen atoms in total. The van der Waals surface area contributed by atoms with Crippen LogP contribution < -0.4 is 0 Å². The summed E-state index contributed by atoms with van der Waals surface area (Å²) < 4.78 is 0. The summed E-state index contributed by atoms with van der Waals surface area (Å²) in [5.41, 5.74) is 0. The summed E-state index contributed by atoms with van der Waals surface area (Å²) in [6, 6.07) is 0. The van der Waals surface area contributed by atoms with Gasteiger partial charge in [-0.2, -0.15) is 0 Å². The van der Waals surface area contributed by atoms with Gasteiger partial charge in [0.05, 0.1) is 0 Å². The van der Waals surface area contributed by atoms with Gasteiger partial charge in [-0.05, 0) is 23.2 Å². The molecule has 0 aliphatic heterocycles. The predicted octanol–water partition coefficient (Wildman–Crippen LogP) is 1.39. The lowest BCUT2D eigenvalue weighted by atomic mass is 10.6. The standard InChI is InChI=1S/C6Cl2/c7-5-3-1-2-4-6-8. The molecule has 2 heteroatoms. The highest BCUT2D eigenvalue weighted by Gasteiger charge is 1.50. The van der Waals surface area contributed by atoms with E-state index in [4.69, 9.17) is 23.2 Å². The molecule has 0 saturated heterocycles. The molecule has 0 bridgehead atoms. The largest absolute Gasteiger partial charge is 0.0219 e. The van der Waals surface area contributed by atoms with Crippen molar-refractivity contribution in [3.8, 4) is 34.4 Å². The van der Waals surface area contributed by atoms with Crippen LogP contribution in [0.2, 0.25) is 0 Å². The molecule has 0 amide bonds. The lowest BCUT2D eigenvalue weighted by Crippen LogP contribution is -1.46. The maximum Gasteiger partial charge on any atom is 0.0184 e. The Balaban J connectivity index is 3.75. The van der Waals surface area contributed by atoms with E-state index in [-0.39, 0.29) is 0 Å². The summed E-state index contributed by atoms with van der Waals surface area (Å²) >= 11 is 9.87. The van der Waals surface area contributed by atoms with Crippen molar-refractivity contribution < 1.29 is 0 Å². The smallest absolute Gasteiger partial charge is 0.0184 e. The van der Waals surface area contributed by atoms with Crippen LogP contribution in [0.1, 0.15) is 0 Å². The second kappa shape index (κ2) is 6.26. The van der Waals surface area contributed by atoms with Crippen LogP contribution in [0.15, 0.2) is 0 Å². The Morgan fingerprint density at radius 1 is 0.625 bits per heavy atom. The van der Waals surface area contributed by atoms with Crippen molar-refractivity contribution >= 4 is 23.2 Å². The van der Waals surface area contributed by atoms with Gasteiger partial charge in [-0.15, -0.1) is 0 Å². The Labute approximate surface area is 58.2 Å². The van der Waals surface area contributed by atoms with Gasteiger partial charge in [0, 0.05) is 34.4 Å². The Morgan fingerprint density at radius 3 is 1.25 bits per heavy atom. The van der Waals surface area contributed by atoms with Crippen molar-refractivity contribution in [2.75, 3.05) is 0 Å². The molecule has 38 valence electrons. The fourth-order valence-corrected chi connectivity index (χ4v) is 0.204. The number of halogens is 2. The third-order valence-corrected chi connectivity index (χ3v) is 0.471. The summed E-state index contributed by atoms with van der Waals surface area (Å²) in [6.45, 7) is 0. The lowest BCUT2D eigenvalue weighted by Gasteiger charge is -1.49. The molecule has 0 heterocycles. The summed E-state index contributed by atoms with van der Waals surface area (Å²) in [4.78, 5) is 0. The minimum Gasteiger partial charge on any atom is -0.0219 e. The average molecular weight is 143 g/mol. The van der Waals surface area contributed by atoms with Gasteiger partial charge in [-0.1, -0.05) is 0 Å². The molecule has 0 saturated carbocycles. The minimum atomic E-state index is 2.06. The predicted molar refractivity (Wildman–Crippen MR) is 35.0 cm³/mol. The highest BCUT2D eigenvalue weighted by Crippen LogP contribution is 1.62. The highest BCUT2D eigenvalue weighted by atomic mass is 35.5. The van der Waals surface area contributed by atoms with Crippen LogP contribution in [0.3, 0.4) is 0 Å². The van der Waals surface area contributed by atoms with Gasteiger partial charge in [-0.25, -0.2) is 0 Å². The molecule has 0 N–H and O–H groups in total. The number of rotatable bonds is 0. The summed E-state index contributed by atoms with van der Waals surface area (Å²) in [5.74, 6) is 9.22. The third-order valence-electron chi connectivity index (χ3n) is 0.282. The molecule has 0 radical (unpaired) electrons. The maximum absolute atomic E-state index is 4.94. The molecule has 8 heavy (non-hydrogen) atoms. The molecule has 0 aromatic rings. The van der Waals surface area contributed by atoms with Gasteiger partial charge in [0.15, 0.2) is 0 Å². The monoisotopic (exact) mass is 142 g/mol. The Bertz CT molecular complexity index is 196. The fourth-order valence-electron chi connectivity index (χ4n) is 0.110. The van der Waals surface area contributed by atoms with Crippen molar-refractivity contribution in [3.05, 3.63) is 0 Å². The highest BCUT2D eigenvalue weighted by molar-refractivity contribution is 6.30. The topological polar surface area (TPSA) is 0 Å². The molecular formula is C6Cl2. The van der Waals surface area contributed by atoms with Gasteiger partial charge in [0.2, 0.25) is 0 Å². The van der Waals surface area contributed by atoms with E-state index < -0.39 is 0 Å². The van der Waals surface area contributed by atoms with E-state index in [0.29, 0.717) is 0 Å². The molecule has 0 aromatic heterocycles. The summed E-state index contributed by atoms with van der Waals surface area (Å²) in [5, 5.41) is 4.13. The van der Waals surface area contributed by atoms with Crippen LogP contribution in [0.4, 0.5) is 0 Å². The van der Waals surface area contributed by atoms with E-state index in [0.717, 1.165) is 0 Å². The zero-order valence-corrected chi connectivity index (χ0v) is 5.27. The quantitative estimate of drug-likeness (QED) is 0.449. The van der Waals surface area contributed by atoms with Gasteiger partial charge in [0.1, 0.15) is 0 Å². The van der Waals surface area contributed by atoms with E-state index in [9.17, 15) is 0 Å². The molecule has 0 rings (SSSR count). The van der Waals surface area contributed by atoms with Crippen molar-refractivity contribution in [3.63, 3.8) is 0 Å². The molecule has 0 spiro atoms. The van der Waals surface area contributed by atoms with E-state index in [1.807, 2.05) is 0 Å². The molecule has 0 atom stereocenters. The summed E-state index contributed by atoms with van der Waals surface area (Å²) in [6.07, 6.45) is 0.